The van der Waals surface area contributed by atoms with Crippen LogP contribution in [0.5, 0.6) is 0 Å². The molecule has 9 heavy (non-hydrogen) atoms. The highest BCUT2D eigenvalue weighted by molar-refractivity contribution is 8.13. The largest absolute Gasteiger partial charge is 0.260 e. The standard InChI is InChI=1S/C3H5ClF2O2S/c1-3(5,6)2-9(4,7)8/h2H2,1H3. The SMILES string of the molecule is CC(F)(F)CS(=O)(=O)Cl. The normalized spacial score (nSPS) is 13.8. The van der Waals surface area contributed by atoms with E-state index in [-0.39, 0.29) is 0 Å². The third kappa shape index (κ3) is 8.10. The molecule has 0 spiro atoms. The monoisotopic (exact) mass is 178 g/mol. The van der Waals surface area contributed by atoms with Gasteiger partial charge in [-0.2, -0.15) is 0 Å². The van der Waals surface area contributed by atoms with E-state index in [0.29, 0.717) is 6.92 Å². The second-order valence-electron chi connectivity index (χ2n) is 1.75. The minimum atomic E-state index is -4.06. The Morgan fingerprint density at radius 2 is 1.89 bits per heavy atom. The molecule has 0 amide bonds. The zero-order valence-electron chi connectivity index (χ0n) is 4.57. The average molecular weight is 179 g/mol. The maximum Gasteiger partial charge on any atom is 0.260 e. The molecular formula is C3H5ClF2O2S. The number of rotatable bonds is 2. The molecule has 0 unspecified atom stereocenters. The van der Waals surface area contributed by atoms with Gasteiger partial charge in [-0.1, -0.05) is 0 Å². The van der Waals surface area contributed by atoms with E-state index < -0.39 is 20.7 Å². The predicted molar refractivity (Wildman–Crippen MR) is 30.3 cm³/mol. The Kier molecular flexibility index (Phi) is 2.41. The summed E-state index contributed by atoms with van der Waals surface area (Å²) in [6, 6.07) is 0. The third-order valence-electron chi connectivity index (χ3n) is 0.426. The van der Waals surface area contributed by atoms with Crippen molar-refractivity contribution >= 4 is 19.7 Å². The van der Waals surface area contributed by atoms with Crippen LogP contribution in [0.3, 0.4) is 0 Å². The van der Waals surface area contributed by atoms with Gasteiger partial charge in [0.2, 0.25) is 9.05 Å². The number of alkyl halides is 2. The molecular weight excluding hydrogens is 174 g/mol. The first-order chi connectivity index (χ1) is 3.71. The van der Waals surface area contributed by atoms with Gasteiger partial charge >= 0.3 is 0 Å². The molecule has 2 nitrogen and oxygen atoms in total. The summed E-state index contributed by atoms with van der Waals surface area (Å²) >= 11 is 0. The number of hydrogen-bond acceptors (Lipinski definition) is 2. The van der Waals surface area contributed by atoms with Crippen molar-refractivity contribution in [3.8, 4) is 0 Å². The van der Waals surface area contributed by atoms with E-state index in [9.17, 15) is 17.2 Å². The maximum atomic E-state index is 11.8. The van der Waals surface area contributed by atoms with E-state index in [1.54, 1.807) is 0 Å². The molecule has 0 atom stereocenters. The predicted octanol–water partition coefficient (Wildman–Crippen LogP) is 1.21. The van der Waals surface area contributed by atoms with Crippen molar-refractivity contribution in [3.63, 3.8) is 0 Å². The Hall–Kier alpha value is 0.1000. The van der Waals surface area contributed by atoms with Crippen molar-refractivity contribution in [2.24, 2.45) is 0 Å². The molecule has 0 saturated carbocycles. The molecule has 0 aromatic carbocycles. The highest BCUT2D eigenvalue weighted by atomic mass is 35.7. The number of hydrogen-bond donors (Lipinski definition) is 0. The average Bonchev–Trinajstić information content (AvgIpc) is 1.14. The zero-order valence-corrected chi connectivity index (χ0v) is 6.14. The molecule has 0 aromatic rings. The summed E-state index contributed by atoms with van der Waals surface area (Å²) in [6.07, 6.45) is 0. The first-order valence-electron chi connectivity index (χ1n) is 2.01. The van der Waals surface area contributed by atoms with Crippen LogP contribution in [0, 0.1) is 0 Å². The van der Waals surface area contributed by atoms with Gasteiger partial charge in [0.15, 0.2) is 0 Å². The van der Waals surface area contributed by atoms with E-state index in [4.69, 9.17) is 0 Å². The fraction of sp³-hybridized carbons (Fsp3) is 1.00. The molecule has 0 aliphatic rings. The molecule has 0 saturated heterocycles. The van der Waals surface area contributed by atoms with Gasteiger partial charge in [0, 0.05) is 17.6 Å². The molecule has 0 bridgehead atoms. The van der Waals surface area contributed by atoms with Crippen molar-refractivity contribution < 1.29 is 17.2 Å². The minimum Gasteiger partial charge on any atom is -0.212 e. The summed E-state index contributed by atoms with van der Waals surface area (Å²) in [6.45, 7) is 0.493. The van der Waals surface area contributed by atoms with E-state index in [0.717, 1.165) is 0 Å². The van der Waals surface area contributed by atoms with Gasteiger partial charge in [0.25, 0.3) is 5.92 Å². The summed E-state index contributed by atoms with van der Waals surface area (Å²) in [5.74, 6) is -4.54. The highest BCUT2D eigenvalue weighted by Gasteiger charge is 2.28. The van der Waals surface area contributed by atoms with Crippen LogP contribution in [0.25, 0.3) is 0 Å². The van der Waals surface area contributed by atoms with Gasteiger partial charge in [-0.15, -0.1) is 0 Å². The van der Waals surface area contributed by atoms with Gasteiger partial charge in [-0.05, 0) is 0 Å². The van der Waals surface area contributed by atoms with E-state index >= 15 is 0 Å². The maximum absolute atomic E-state index is 11.8. The van der Waals surface area contributed by atoms with Crippen LogP contribution in [0.15, 0.2) is 0 Å². The lowest BCUT2D eigenvalue weighted by molar-refractivity contribution is 0.0478. The molecule has 0 radical (unpaired) electrons. The molecule has 0 rings (SSSR count). The van der Waals surface area contributed by atoms with Gasteiger partial charge in [0.1, 0.15) is 5.75 Å². The topological polar surface area (TPSA) is 34.1 Å². The van der Waals surface area contributed by atoms with Crippen molar-refractivity contribution in [3.05, 3.63) is 0 Å². The first-order valence-corrected chi connectivity index (χ1v) is 4.49. The summed E-state index contributed by atoms with van der Waals surface area (Å²) in [7, 11) is 0.450. The second-order valence-corrected chi connectivity index (χ2v) is 4.53. The molecule has 0 aromatic heterocycles. The first kappa shape index (κ1) is 9.10. The van der Waals surface area contributed by atoms with Gasteiger partial charge < -0.3 is 0 Å². The lowest BCUT2D eigenvalue weighted by Crippen LogP contribution is -2.20. The molecule has 6 heteroatoms. The Bertz CT molecular complexity index is 180. The van der Waals surface area contributed by atoms with Crippen LogP contribution in [0.2, 0.25) is 0 Å². The van der Waals surface area contributed by atoms with Crippen LogP contribution in [0.4, 0.5) is 8.78 Å². The van der Waals surface area contributed by atoms with Gasteiger partial charge in [0.05, 0.1) is 0 Å². The number of halogens is 3. The van der Waals surface area contributed by atoms with Crippen LogP contribution in [-0.4, -0.2) is 20.1 Å². The molecule has 0 N–H and O–H groups in total. The fourth-order valence-corrected chi connectivity index (χ4v) is 1.48. The van der Waals surface area contributed by atoms with Crippen molar-refractivity contribution in [1.82, 2.24) is 0 Å². The quantitative estimate of drug-likeness (QED) is 0.596. The van der Waals surface area contributed by atoms with Gasteiger partial charge in [-0.3, -0.25) is 0 Å². The Morgan fingerprint density at radius 3 is 1.89 bits per heavy atom. The molecule has 0 aliphatic heterocycles. The van der Waals surface area contributed by atoms with E-state index in [1.165, 1.54) is 0 Å². The second kappa shape index (κ2) is 2.38. The van der Waals surface area contributed by atoms with Gasteiger partial charge in [-0.25, -0.2) is 17.2 Å². The molecule has 56 valence electrons. The zero-order chi connectivity index (χ0) is 7.71. The Morgan fingerprint density at radius 1 is 1.56 bits per heavy atom. The van der Waals surface area contributed by atoms with Crippen molar-refractivity contribution in [2.45, 2.75) is 12.8 Å². The summed E-state index contributed by atoms with van der Waals surface area (Å²) < 4.78 is 43.4. The lowest BCUT2D eigenvalue weighted by Gasteiger charge is -2.04. The Balaban J connectivity index is 4.07. The van der Waals surface area contributed by atoms with Crippen LogP contribution >= 0.6 is 10.7 Å². The fourth-order valence-electron chi connectivity index (χ4n) is 0.303. The summed E-state index contributed by atoms with van der Waals surface area (Å²) in [4.78, 5) is 0. The van der Waals surface area contributed by atoms with Crippen molar-refractivity contribution in [2.75, 3.05) is 5.75 Å². The molecule has 0 aliphatic carbocycles. The smallest absolute Gasteiger partial charge is 0.212 e. The van der Waals surface area contributed by atoms with E-state index in [2.05, 4.69) is 10.7 Å². The molecule has 0 fully saturated rings. The molecule has 0 heterocycles. The Labute approximate surface area is 56.2 Å². The van der Waals surface area contributed by atoms with Crippen molar-refractivity contribution in [1.29, 1.82) is 0 Å². The summed E-state index contributed by atoms with van der Waals surface area (Å²) in [5, 5.41) is 0. The highest BCUT2D eigenvalue weighted by Crippen LogP contribution is 2.16. The van der Waals surface area contributed by atoms with E-state index in [1.807, 2.05) is 0 Å². The lowest BCUT2D eigenvalue weighted by atomic mass is 10.5. The van der Waals surface area contributed by atoms with Crippen LogP contribution in [-0.2, 0) is 9.05 Å². The van der Waals surface area contributed by atoms with Crippen LogP contribution in [0.1, 0.15) is 6.92 Å². The summed E-state index contributed by atoms with van der Waals surface area (Å²) in [5.41, 5.74) is 0. The third-order valence-corrected chi connectivity index (χ3v) is 1.60. The van der Waals surface area contributed by atoms with Crippen LogP contribution < -0.4 is 0 Å². The minimum absolute atomic E-state index is 0.493.